The van der Waals surface area contributed by atoms with Gasteiger partial charge in [-0.25, -0.2) is 9.78 Å². The Hall–Kier alpha value is -1.82. The third-order valence-corrected chi connectivity index (χ3v) is 6.84. The van der Waals surface area contributed by atoms with Crippen LogP contribution in [0.25, 0.3) is 0 Å². The van der Waals surface area contributed by atoms with E-state index < -0.39 is 0 Å². The highest BCUT2D eigenvalue weighted by Gasteiger charge is 2.29. The first-order valence-corrected chi connectivity index (χ1v) is 11.1. The van der Waals surface area contributed by atoms with Crippen LogP contribution in [0.3, 0.4) is 0 Å². The molecule has 0 aromatic carbocycles. The molecular weight excluding hydrogens is 350 g/mol. The second-order valence-electron chi connectivity index (χ2n) is 8.90. The van der Waals surface area contributed by atoms with Gasteiger partial charge in [0.25, 0.3) is 0 Å². The lowest BCUT2D eigenvalue weighted by Crippen LogP contribution is -2.50. The van der Waals surface area contributed by atoms with Gasteiger partial charge in [0.2, 0.25) is 0 Å². The van der Waals surface area contributed by atoms with Crippen LogP contribution in [0, 0.1) is 6.92 Å². The van der Waals surface area contributed by atoms with Gasteiger partial charge in [-0.05, 0) is 70.4 Å². The van der Waals surface area contributed by atoms with Crippen molar-refractivity contribution in [2.75, 3.05) is 29.9 Å². The number of likely N-dealkylation sites (tertiary alicyclic amines) is 1. The van der Waals surface area contributed by atoms with Gasteiger partial charge in [0.05, 0.1) is 11.9 Å². The molecule has 3 heterocycles. The van der Waals surface area contributed by atoms with Gasteiger partial charge in [-0.1, -0.05) is 6.42 Å². The van der Waals surface area contributed by atoms with Crippen molar-refractivity contribution in [2.45, 2.75) is 83.3 Å². The van der Waals surface area contributed by atoms with Crippen molar-refractivity contribution in [1.29, 1.82) is 0 Å². The standard InChI is InChI=1S/C22H35N5O/c1-16-14-19(15-23-21(16)27-11-4-3-6-17(27)2)25-22(28)24-18-9-12-26(13-10-18)20-7-5-8-20/h14-15,17-18,20H,3-13H2,1-2H3,(H2,24,25,28). The van der Waals surface area contributed by atoms with E-state index in [9.17, 15) is 4.79 Å². The summed E-state index contributed by atoms with van der Waals surface area (Å²) in [7, 11) is 0. The normalized spacial score (nSPS) is 24.6. The average Bonchev–Trinajstić information content (AvgIpc) is 2.63. The van der Waals surface area contributed by atoms with Gasteiger partial charge >= 0.3 is 6.03 Å². The zero-order valence-corrected chi connectivity index (χ0v) is 17.4. The summed E-state index contributed by atoms with van der Waals surface area (Å²) in [6, 6.07) is 3.56. The SMILES string of the molecule is Cc1cc(NC(=O)NC2CCN(C3CCC3)CC2)cnc1N1CCCCC1C. The van der Waals surface area contributed by atoms with Gasteiger partial charge in [-0.3, -0.25) is 0 Å². The largest absolute Gasteiger partial charge is 0.354 e. The quantitative estimate of drug-likeness (QED) is 0.825. The summed E-state index contributed by atoms with van der Waals surface area (Å²) in [5, 5.41) is 6.14. The van der Waals surface area contributed by atoms with Gasteiger partial charge in [-0.15, -0.1) is 0 Å². The molecule has 0 spiro atoms. The Bertz CT molecular complexity index is 682. The first-order chi connectivity index (χ1) is 13.6. The van der Waals surface area contributed by atoms with E-state index in [1.165, 1.54) is 38.5 Å². The lowest BCUT2D eigenvalue weighted by molar-refractivity contribution is 0.0942. The van der Waals surface area contributed by atoms with Crippen LogP contribution in [0.1, 0.15) is 63.9 Å². The van der Waals surface area contributed by atoms with E-state index in [0.717, 1.165) is 55.6 Å². The molecule has 154 valence electrons. The minimum atomic E-state index is -0.109. The van der Waals surface area contributed by atoms with Crippen LogP contribution < -0.4 is 15.5 Å². The summed E-state index contributed by atoms with van der Waals surface area (Å²) in [6.07, 6.45) is 11.7. The molecule has 3 aliphatic rings. The van der Waals surface area contributed by atoms with E-state index in [2.05, 4.69) is 39.3 Å². The van der Waals surface area contributed by atoms with Gasteiger partial charge < -0.3 is 20.4 Å². The molecule has 2 N–H and O–H groups in total. The Morgan fingerprint density at radius 3 is 2.50 bits per heavy atom. The van der Waals surface area contributed by atoms with E-state index in [1.54, 1.807) is 6.20 Å². The van der Waals surface area contributed by atoms with Crippen LogP contribution in [0.4, 0.5) is 16.3 Å². The molecule has 0 radical (unpaired) electrons. The highest BCUT2D eigenvalue weighted by atomic mass is 16.2. The fraction of sp³-hybridized carbons (Fsp3) is 0.727. The number of aryl methyl sites for hydroxylation is 1. The Kier molecular flexibility index (Phi) is 6.04. The van der Waals surface area contributed by atoms with Gasteiger partial charge in [-0.2, -0.15) is 0 Å². The number of nitrogens with one attached hydrogen (secondary N) is 2. The molecule has 6 heteroatoms. The smallest absolute Gasteiger partial charge is 0.319 e. The summed E-state index contributed by atoms with van der Waals surface area (Å²) in [5.41, 5.74) is 1.90. The van der Waals surface area contributed by atoms with Crippen LogP contribution >= 0.6 is 0 Å². The maximum Gasteiger partial charge on any atom is 0.319 e. The monoisotopic (exact) mass is 385 g/mol. The summed E-state index contributed by atoms with van der Waals surface area (Å²) in [5.74, 6) is 1.06. The van der Waals surface area contributed by atoms with Crippen molar-refractivity contribution >= 4 is 17.5 Å². The van der Waals surface area contributed by atoms with Crippen LogP contribution in [0.2, 0.25) is 0 Å². The number of hydrogen-bond acceptors (Lipinski definition) is 4. The second kappa shape index (κ2) is 8.68. The van der Waals surface area contributed by atoms with Crippen LogP contribution in [0.5, 0.6) is 0 Å². The Labute approximate surface area is 169 Å². The van der Waals surface area contributed by atoms with Gasteiger partial charge in [0.1, 0.15) is 5.82 Å². The minimum Gasteiger partial charge on any atom is -0.354 e. The highest BCUT2D eigenvalue weighted by Crippen LogP contribution is 2.28. The number of carbonyl (C=O) groups is 1. The van der Waals surface area contributed by atoms with Gasteiger partial charge in [0, 0.05) is 37.8 Å². The van der Waals surface area contributed by atoms with Crippen molar-refractivity contribution in [3.05, 3.63) is 17.8 Å². The molecule has 1 unspecified atom stereocenters. The Morgan fingerprint density at radius 2 is 1.86 bits per heavy atom. The molecule has 1 aliphatic carbocycles. The fourth-order valence-corrected chi connectivity index (χ4v) is 4.86. The molecule has 1 atom stereocenters. The summed E-state index contributed by atoms with van der Waals surface area (Å²) >= 11 is 0. The maximum atomic E-state index is 12.4. The Morgan fingerprint density at radius 1 is 1.07 bits per heavy atom. The van der Waals surface area contributed by atoms with E-state index in [4.69, 9.17) is 0 Å². The molecule has 6 nitrogen and oxygen atoms in total. The topological polar surface area (TPSA) is 60.5 Å². The molecule has 3 fully saturated rings. The molecule has 2 saturated heterocycles. The van der Waals surface area contributed by atoms with Crippen LogP contribution in [-0.2, 0) is 0 Å². The number of hydrogen-bond donors (Lipinski definition) is 2. The molecule has 2 amide bonds. The van der Waals surface area contributed by atoms with Crippen LogP contribution in [0.15, 0.2) is 12.3 Å². The molecular formula is C22H35N5O. The summed E-state index contributed by atoms with van der Waals surface area (Å²) in [4.78, 5) is 22.1. The number of aromatic nitrogens is 1. The van der Waals surface area contributed by atoms with Crippen molar-refractivity contribution in [1.82, 2.24) is 15.2 Å². The van der Waals surface area contributed by atoms with E-state index in [0.29, 0.717) is 6.04 Å². The first-order valence-electron chi connectivity index (χ1n) is 11.1. The minimum absolute atomic E-state index is 0.109. The number of pyridine rings is 1. The molecule has 1 aromatic rings. The zero-order chi connectivity index (χ0) is 19.5. The average molecular weight is 386 g/mol. The molecule has 2 aliphatic heterocycles. The van der Waals surface area contributed by atoms with Gasteiger partial charge in [0.15, 0.2) is 0 Å². The summed E-state index contributed by atoms with van der Waals surface area (Å²) in [6.45, 7) is 7.65. The van der Waals surface area contributed by atoms with E-state index in [1.807, 2.05) is 6.07 Å². The molecule has 1 saturated carbocycles. The van der Waals surface area contributed by atoms with Crippen molar-refractivity contribution in [3.63, 3.8) is 0 Å². The fourth-order valence-electron chi connectivity index (χ4n) is 4.86. The van der Waals surface area contributed by atoms with Crippen molar-refractivity contribution in [3.8, 4) is 0 Å². The van der Waals surface area contributed by atoms with E-state index in [-0.39, 0.29) is 12.1 Å². The molecule has 1 aromatic heterocycles. The third kappa shape index (κ3) is 4.43. The molecule has 28 heavy (non-hydrogen) atoms. The summed E-state index contributed by atoms with van der Waals surface area (Å²) < 4.78 is 0. The number of piperidine rings is 2. The predicted octanol–water partition coefficient (Wildman–Crippen LogP) is 3.91. The molecule has 0 bridgehead atoms. The maximum absolute atomic E-state index is 12.4. The number of amides is 2. The number of rotatable bonds is 4. The predicted molar refractivity (Wildman–Crippen MR) is 114 cm³/mol. The van der Waals surface area contributed by atoms with Crippen molar-refractivity contribution < 1.29 is 4.79 Å². The number of nitrogens with zero attached hydrogens (tertiary/aromatic N) is 3. The Balaban J connectivity index is 1.28. The van der Waals surface area contributed by atoms with Crippen LogP contribution in [-0.4, -0.2) is 53.7 Å². The molecule has 4 rings (SSSR count). The lowest BCUT2D eigenvalue weighted by atomic mass is 9.89. The lowest BCUT2D eigenvalue weighted by Gasteiger charge is -2.41. The highest BCUT2D eigenvalue weighted by molar-refractivity contribution is 5.89. The van der Waals surface area contributed by atoms with Crippen molar-refractivity contribution in [2.24, 2.45) is 0 Å². The third-order valence-electron chi connectivity index (χ3n) is 6.84. The first kappa shape index (κ1) is 19.5. The van der Waals surface area contributed by atoms with E-state index >= 15 is 0 Å². The number of urea groups is 1. The zero-order valence-electron chi connectivity index (χ0n) is 17.4. The second-order valence-corrected chi connectivity index (χ2v) is 8.90. The number of carbonyl (C=O) groups excluding carboxylic acids is 1. The number of anilines is 2.